The third-order valence-electron chi connectivity index (χ3n) is 3.69. The van der Waals surface area contributed by atoms with E-state index in [9.17, 15) is 4.39 Å². The van der Waals surface area contributed by atoms with Crippen LogP contribution in [0.15, 0.2) is 60.8 Å². The van der Waals surface area contributed by atoms with Crippen LogP contribution in [0.1, 0.15) is 24.1 Å². The van der Waals surface area contributed by atoms with Gasteiger partial charge in [-0.2, -0.15) is 0 Å². The van der Waals surface area contributed by atoms with Crippen LogP contribution in [-0.4, -0.2) is 4.98 Å². The highest BCUT2D eigenvalue weighted by atomic mass is 19.1. The number of para-hydroxylation sites is 1. The molecule has 1 aromatic heterocycles. The molecule has 3 heteroatoms. The molecule has 106 valence electrons. The summed E-state index contributed by atoms with van der Waals surface area (Å²) in [6.45, 7) is 2.76. The maximum atomic E-state index is 13.3. The Labute approximate surface area is 123 Å². The van der Waals surface area contributed by atoms with Crippen LogP contribution in [0.4, 0.5) is 4.39 Å². The maximum Gasteiger partial charge on any atom is 0.123 e. The van der Waals surface area contributed by atoms with Crippen molar-refractivity contribution in [2.75, 3.05) is 0 Å². The Balaban J connectivity index is 1.77. The predicted octanol–water partition coefficient (Wildman–Crippen LogP) is 4.22. The van der Waals surface area contributed by atoms with Crippen LogP contribution >= 0.6 is 0 Å². The van der Waals surface area contributed by atoms with Gasteiger partial charge in [-0.05, 0) is 42.3 Å². The topological polar surface area (TPSA) is 24.9 Å². The lowest BCUT2D eigenvalue weighted by atomic mass is 10.1. The largest absolute Gasteiger partial charge is 0.306 e. The molecule has 21 heavy (non-hydrogen) atoms. The van der Waals surface area contributed by atoms with Gasteiger partial charge in [0.25, 0.3) is 0 Å². The molecule has 0 bridgehead atoms. The average molecular weight is 280 g/mol. The van der Waals surface area contributed by atoms with Crippen LogP contribution in [0.5, 0.6) is 0 Å². The van der Waals surface area contributed by atoms with Crippen molar-refractivity contribution in [1.29, 1.82) is 0 Å². The van der Waals surface area contributed by atoms with Gasteiger partial charge in [0.2, 0.25) is 0 Å². The third-order valence-corrected chi connectivity index (χ3v) is 3.69. The summed E-state index contributed by atoms with van der Waals surface area (Å²) >= 11 is 0. The SMILES string of the molecule is C[C@H](NCc1ccnc2ccccc12)c1cccc(F)c1. The summed E-state index contributed by atoms with van der Waals surface area (Å²) in [7, 11) is 0. The molecule has 0 fully saturated rings. The molecule has 3 aromatic rings. The van der Waals surface area contributed by atoms with Crippen molar-refractivity contribution in [3.63, 3.8) is 0 Å². The van der Waals surface area contributed by atoms with Crippen molar-refractivity contribution in [3.8, 4) is 0 Å². The zero-order valence-corrected chi connectivity index (χ0v) is 11.9. The van der Waals surface area contributed by atoms with Crippen molar-refractivity contribution in [1.82, 2.24) is 10.3 Å². The molecule has 0 aliphatic heterocycles. The summed E-state index contributed by atoms with van der Waals surface area (Å²) in [4.78, 5) is 4.36. The molecule has 0 saturated heterocycles. The molecule has 0 radical (unpaired) electrons. The predicted molar refractivity (Wildman–Crippen MR) is 83.4 cm³/mol. The molecule has 0 spiro atoms. The van der Waals surface area contributed by atoms with E-state index in [-0.39, 0.29) is 11.9 Å². The Morgan fingerprint density at radius 3 is 2.81 bits per heavy atom. The van der Waals surface area contributed by atoms with Gasteiger partial charge in [-0.1, -0.05) is 30.3 Å². The van der Waals surface area contributed by atoms with Gasteiger partial charge >= 0.3 is 0 Å². The zero-order valence-electron chi connectivity index (χ0n) is 11.9. The second-order valence-electron chi connectivity index (χ2n) is 5.14. The number of aromatic nitrogens is 1. The van der Waals surface area contributed by atoms with Gasteiger partial charge in [0.15, 0.2) is 0 Å². The number of benzene rings is 2. The molecule has 1 atom stereocenters. The number of hydrogen-bond donors (Lipinski definition) is 1. The minimum atomic E-state index is -0.199. The van der Waals surface area contributed by atoms with Gasteiger partial charge < -0.3 is 5.32 Å². The van der Waals surface area contributed by atoms with Crippen LogP contribution in [0.2, 0.25) is 0 Å². The fourth-order valence-electron chi connectivity index (χ4n) is 2.47. The van der Waals surface area contributed by atoms with Gasteiger partial charge in [0.1, 0.15) is 5.82 Å². The summed E-state index contributed by atoms with van der Waals surface area (Å²) in [5, 5.41) is 4.59. The number of hydrogen-bond acceptors (Lipinski definition) is 2. The number of nitrogens with zero attached hydrogens (tertiary/aromatic N) is 1. The summed E-state index contributed by atoms with van der Waals surface area (Å²) in [5.41, 5.74) is 3.15. The van der Waals surface area contributed by atoms with Crippen molar-refractivity contribution in [3.05, 3.63) is 77.7 Å². The molecule has 1 N–H and O–H groups in total. The quantitative estimate of drug-likeness (QED) is 0.773. The number of rotatable bonds is 4. The summed E-state index contributed by atoms with van der Waals surface area (Å²) in [6, 6.07) is 16.9. The Hall–Kier alpha value is -2.26. The minimum absolute atomic E-state index is 0.0904. The molecular formula is C18H17FN2. The average Bonchev–Trinajstić information content (AvgIpc) is 2.52. The summed E-state index contributed by atoms with van der Waals surface area (Å²) in [6.07, 6.45) is 1.83. The first kappa shape index (κ1) is 13.7. The smallest absolute Gasteiger partial charge is 0.123 e. The van der Waals surface area contributed by atoms with E-state index >= 15 is 0 Å². The van der Waals surface area contributed by atoms with Crippen molar-refractivity contribution < 1.29 is 4.39 Å². The molecule has 3 rings (SSSR count). The van der Waals surface area contributed by atoms with Gasteiger partial charge in [0.05, 0.1) is 5.52 Å². The molecule has 0 aliphatic rings. The van der Waals surface area contributed by atoms with Gasteiger partial charge in [-0.15, -0.1) is 0 Å². The first-order valence-corrected chi connectivity index (χ1v) is 7.05. The molecule has 2 aromatic carbocycles. The normalized spacial score (nSPS) is 12.5. The number of nitrogens with one attached hydrogen (secondary N) is 1. The van der Waals surface area contributed by atoms with E-state index in [1.807, 2.05) is 43.5 Å². The molecular weight excluding hydrogens is 263 g/mol. The molecule has 0 saturated carbocycles. The molecule has 0 unspecified atom stereocenters. The lowest BCUT2D eigenvalue weighted by Crippen LogP contribution is -2.18. The number of halogens is 1. The summed E-state index contributed by atoms with van der Waals surface area (Å²) in [5.74, 6) is -0.199. The standard InChI is InChI=1S/C18H17FN2/c1-13(14-5-4-6-16(19)11-14)21-12-15-9-10-20-18-8-3-2-7-17(15)18/h2-11,13,21H,12H2,1H3/t13-/m0/s1. The Morgan fingerprint density at radius 2 is 1.95 bits per heavy atom. The van der Waals surface area contributed by atoms with E-state index < -0.39 is 0 Å². The highest BCUT2D eigenvalue weighted by molar-refractivity contribution is 5.81. The lowest BCUT2D eigenvalue weighted by molar-refractivity contribution is 0.566. The summed E-state index contributed by atoms with van der Waals surface area (Å²) < 4.78 is 13.3. The zero-order chi connectivity index (χ0) is 14.7. The van der Waals surface area contributed by atoms with Gasteiger partial charge in [-0.25, -0.2) is 4.39 Å². The van der Waals surface area contributed by atoms with Crippen molar-refractivity contribution in [2.45, 2.75) is 19.5 Å². The van der Waals surface area contributed by atoms with E-state index in [0.717, 1.165) is 23.0 Å². The van der Waals surface area contributed by atoms with Crippen LogP contribution < -0.4 is 5.32 Å². The molecule has 0 aliphatic carbocycles. The second kappa shape index (κ2) is 6.02. The lowest BCUT2D eigenvalue weighted by Gasteiger charge is -2.15. The van der Waals surface area contributed by atoms with Crippen LogP contribution in [0.25, 0.3) is 10.9 Å². The fourth-order valence-corrected chi connectivity index (χ4v) is 2.47. The molecule has 1 heterocycles. The van der Waals surface area contributed by atoms with Crippen molar-refractivity contribution in [2.24, 2.45) is 0 Å². The van der Waals surface area contributed by atoms with E-state index in [2.05, 4.69) is 16.4 Å². The molecule has 0 amide bonds. The highest BCUT2D eigenvalue weighted by Crippen LogP contribution is 2.18. The van der Waals surface area contributed by atoms with Crippen LogP contribution in [0, 0.1) is 5.82 Å². The highest BCUT2D eigenvalue weighted by Gasteiger charge is 2.07. The van der Waals surface area contributed by atoms with E-state index in [1.165, 1.54) is 11.6 Å². The number of pyridine rings is 1. The number of fused-ring (bicyclic) bond motifs is 1. The van der Waals surface area contributed by atoms with E-state index in [4.69, 9.17) is 0 Å². The first-order valence-electron chi connectivity index (χ1n) is 7.05. The van der Waals surface area contributed by atoms with Crippen molar-refractivity contribution >= 4 is 10.9 Å². The monoisotopic (exact) mass is 280 g/mol. The van der Waals surface area contributed by atoms with Gasteiger partial charge in [-0.3, -0.25) is 4.98 Å². The van der Waals surface area contributed by atoms with Gasteiger partial charge in [0, 0.05) is 24.2 Å². The van der Waals surface area contributed by atoms with E-state index in [1.54, 1.807) is 12.1 Å². The maximum absolute atomic E-state index is 13.3. The van der Waals surface area contributed by atoms with Crippen LogP contribution in [-0.2, 0) is 6.54 Å². The minimum Gasteiger partial charge on any atom is -0.306 e. The Kier molecular flexibility index (Phi) is 3.93. The Bertz CT molecular complexity index is 750. The third kappa shape index (κ3) is 3.09. The fraction of sp³-hybridized carbons (Fsp3) is 0.167. The second-order valence-corrected chi connectivity index (χ2v) is 5.14. The van der Waals surface area contributed by atoms with Crippen LogP contribution in [0.3, 0.4) is 0 Å². The van der Waals surface area contributed by atoms with E-state index in [0.29, 0.717) is 0 Å². The first-order chi connectivity index (χ1) is 10.2. The molecule has 2 nitrogen and oxygen atoms in total. The Morgan fingerprint density at radius 1 is 1.10 bits per heavy atom.